The monoisotopic (exact) mass is 334 g/mol. The lowest BCUT2D eigenvalue weighted by molar-refractivity contribution is 0.413. The molecule has 17 heavy (non-hydrogen) atoms. The number of hydrogen-bond donors (Lipinski definition) is 0. The van der Waals surface area contributed by atoms with E-state index in [9.17, 15) is 0 Å². The molecule has 0 aliphatic rings. The number of benzene rings is 2. The van der Waals surface area contributed by atoms with Crippen LogP contribution in [0.15, 0.2) is 48.5 Å². The number of rotatable bonds is 1. The molecule has 1 nitrogen and oxygen atoms in total. The summed E-state index contributed by atoms with van der Waals surface area (Å²) < 4.78 is 6.42. The summed E-state index contributed by atoms with van der Waals surface area (Å²) in [5, 5.41) is 0. The normalized spacial score (nSPS) is 9.29. The molecule has 2 aromatic carbocycles. The Hall–Kier alpha value is -1.47. The molecule has 0 saturated heterocycles. The molecule has 0 bridgehead atoms. The Morgan fingerprint density at radius 3 is 2.18 bits per heavy atom. The Labute approximate surface area is 115 Å². The zero-order valence-electron chi connectivity index (χ0n) is 9.41. The fourth-order valence-corrected chi connectivity index (χ4v) is 1.97. The van der Waals surface area contributed by atoms with Crippen LogP contribution in [0.2, 0.25) is 0 Å². The molecule has 2 heteroatoms. The molecule has 0 aromatic heterocycles. The van der Waals surface area contributed by atoms with Crippen LogP contribution in [0, 0.1) is 15.4 Å². The van der Waals surface area contributed by atoms with E-state index in [2.05, 4.69) is 34.4 Å². The summed E-state index contributed by atoms with van der Waals surface area (Å²) in [7, 11) is 1.66. The van der Waals surface area contributed by atoms with E-state index in [-0.39, 0.29) is 0 Å². The van der Waals surface area contributed by atoms with Crippen molar-refractivity contribution in [1.29, 1.82) is 0 Å². The second kappa shape index (κ2) is 5.74. The van der Waals surface area contributed by atoms with Crippen molar-refractivity contribution in [1.82, 2.24) is 0 Å². The van der Waals surface area contributed by atoms with E-state index in [1.807, 2.05) is 48.5 Å². The van der Waals surface area contributed by atoms with Gasteiger partial charge in [-0.05, 0) is 46.9 Å². The molecule has 0 N–H and O–H groups in total. The van der Waals surface area contributed by atoms with E-state index in [1.54, 1.807) is 7.11 Å². The minimum Gasteiger partial charge on any atom is -0.495 e. The molecule has 0 fully saturated rings. The van der Waals surface area contributed by atoms with E-state index in [0.29, 0.717) is 0 Å². The Kier molecular flexibility index (Phi) is 4.05. The zero-order valence-corrected chi connectivity index (χ0v) is 11.6. The number of methoxy groups -OCH3 is 1. The predicted molar refractivity (Wildman–Crippen MR) is 78.1 cm³/mol. The van der Waals surface area contributed by atoms with Gasteiger partial charge in [-0.1, -0.05) is 36.1 Å². The first-order valence-corrected chi connectivity index (χ1v) is 6.28. The molecule has 0 amide bonds. The van der Waals surface area contributed by atoms with Crippen LogP contribution in [-0.4, -0.2) is 7.11 Å². The molecule has 0 aliphatic heterocycles. The minimum atomic E-state index is 0.811. The van der Waals surface area contributed by atoms with Crippen molar-refractivity contribution in [3.05, 3.63) is 63.2 Å². The van der Waals surface area contributed by atoms with Crippen molar-refractivity contribution in [2.45, 2.75) is 0 Å². The minimum absolute atomic E-state index is 0.811. The maximum atomic E-state index is 5.26. The lowest BCUT2D eigenvalue weighted by atomic mass is 10.1. The summed E-state index contributed by atoms with van der Waals surface area (Å²) in [6.45, 7) is 0. The lowest BCUT2D eigenvalue weighted by Crippen LogP contribution is -1.87. The Bertz CT molecular complexity index is 579. The van der Waals surface area contributed by atoms with Gasteiger partial charge in [0.15, 0.2) is 0 Å². The van der Waals surface area contributed by atoms with Crippen LogP contribution >= 0.6 is 22.6 Å². The summed E-state index contributed by atoms with van der Waals surface area (Å²) >= 11 is 2.29. The first-order chi connectivity index (χ1) is 8.31. The largest absolute Gasteiger partial charge is 0.495 e. The van der Waals surface area contributed by atoms with Gasteiger partial charge in [-0.15, -0.1) is 0 Å². The van der Waals surface area contributed by atoms with Gasteiger partial charge in [-0.3, -0.25) is 0 Å². The molecule has 0 aliphatic carbocycles. The number of ether oxygens (including phenoxy) is 1. The highest BCUT2D eigenvalue weighted by Crippen LogP contribution is 2.16. The van der Waals surface area contributed by atoms with Gasteiger partial charge in [0.05, 0.1) is 12.7 Å². The molecule has 0 radical (unpaired) electrons. The number of halogens is 1. The molecular weight excluding hydrogens is 323 g/mol. The molecule has 0 saturated carbocycles. The quantitative estimate of drug-likeness (QED) is 0.571. The van der Waals surface area contributed by atoms with E-state index >= 15 is 0 Å². The van der Waals surface area contributed by atoms with Crippen molar-refractivity contribution in [2.24, 2.45) is 0 Å². The highest BCUT2D eigenvalue weighted by Gasteiger charge is 1.97. The number of para-hydroxylation sites is 1. The molecular formula is C15H11IO. The molecule has 2 aromatic rings. The first kappa shape index (κ1) is 12.0. The number of hydrogen-bond acceptors (Lipinski definition) is 1. The van der Waals surface area contributed by atoms with Crippen LogP contribution < -0.4 is 4.74 Å². The van der Waals surface area contributed by atoms with Crippen LogP contribution in [-0.2, 0) is 0 Å². The second-order valence-electron chi connectivity index (χ2n) is 3.43. The molecule has 2 rings (SSSR count). The third kappa shape index (κ3) is 3.01. The summed E-state index contributed by atoms with van der Waals surface area (Å²) in [5.41, 5.74) is 1.95. The van der Waals surface area contributed by atoms with Crippen molar-refractivity contribution in [3.8, 4) is 17.6 Å². The van der Waals surface area contributed by atoms with Crippen LogP contribution in [0.1, 0.15) is 11.1 Å². The zero-order chi connectivity index (χ0) is 12.1. The molecule has 84 valence electrons. The average Bonchev–Trinajstić information content (AvgIpc) is 2.38. The lowest BCUT2D eigenvalue weighted by Gasteiger charge is -2.01. The van der Waals surface area contributed by atoms with Crippen molar-refractivity contribution < 1.29 is 4.74 Å². The smallest absolute Gasteiger partial charge is 0.134 e. The summed E-state index contributed by atoms with van der Waals surface area (Å²) in [6, 6.07) is 15.8. The molecule has 0 spiro atoms. The van der Waals surface area contributed by atoms with Crippen molar-refractivity contribution >= 4 is 22.6 Å². The highest BCUT2D eigenvalue weighted by molar-refractivity contribution is 14.1. The fraction of sp³-hybridized carbons (Fsp3) is 0.0667. The van der Waals surface area contributed by atoms with Crippen LogP contribution in [0.25, 0.3) is 0 Å². The maximum Gasteiger partial charge on any atom is 0.134 e. The predicted octanol–water partition coefficient (Wildman–Crippen LogP) is 3.70. The van der Waals surface area contributed by atoms with Gasteiger partial charge in [0.25, 0.3) is 0 Å². The second-order valence-corrected chi connectivity index (χ2v) is 4.59. The van der Waals surface area contributed by atoms with E-state index in [0.717, 1.165) is 20.4 Å². The standard InChI is InChI=1S/C15H11IO/c1-17-15-9-5-3-7-13(15)11-10-12-6-2-4-8-14(12)16/h2-9H,1H3. The fourth-order valence-electron chi connectivity index (χ4n) is 1.45. The van der Waals surface area contributed by atoms with Crippen LogP contribution in [0.4, 0.5) is 0 Å². The van der Waals surface area contributed by atoms with Crippen molar-refractivity contribution in [3.63, 3.8) is 0 Å². The van der Waals surface area contributed by atoms with Gasteiger partial charge < -0.3 is 4.74 Å². The third-order valence-corrected chi connectivity index (χ3v) is 3.25. The van der Waals surface area contributed by atoms with Gasteiger partial charge in [0.1, 0.15) is 5.75 Å². The van der Waals surface area contributed by atoms with Gasteiger partial charge in [0, 0.05) is 9.13 Å². The van der Waals surface area contributed by atoms with Crippen molar-refractivity contribution in [2.75, 3.05) is 7.11 Å². The Morgan fingerprint density at radius 1 is 0.882 bits per heavy atom. The van der Waals surface area contributed by atoms with E-state index < -0.39 is 0 Å². The summed E-state index contributed by atoms with van der Waals surface area (Å²) in [4.78, 5) is 0. The third-order valence-electron chi connectivity index (χ3n) is 2.31. The average molecular weight is 334 g/mol. The summed E-state index contributed by atoms with van der Waals surface area (Å²) in [6.07, 6.45) is 0. The van der Waals surface area contributed by atoms with Crippen LogP contribution in [0.5, 0.6) is 5.75 Å². The summed E-state index contributed by atoms with van der Waals surface area (Å²) in [5.74, 6) is 7.12. The Balaban J connectivity index is 2.37. The van der Waals surface area contributed by atoms with Gasteiger partial charge in [-0.25, -0.2) is 0 Å². The van der Waals surface area contributed by atoms with Crippen LogP contribution in [0.3, 0.4) is 0 Å². The topological polar surface area (TPSA) is 9.23 Å². The molecule has 0 unspecified atom stereocenters. The highest BCUT2D eigenvalue weighted by atomic mass is 127. The van der Waals surface area contributed by atoms with Gasteiger partial charge >= 0.3 is 0 Å². The van der Waals surface area contributed by atoms with E-state index in [4.69, 9.17) is 4.74 Å². The first-order valence-electron chi connectivity index (χ1n) is 5.21. The van der Waals surface area contributed by atoms with Gasteiger partial charge in [0.2, 0.25) is 0 Å². The molecule has 0 atom stereocenters. The Morgan fingerprint density at radius 2 is 1.47 bits per heavy atom. The van der Waals surface area contributed by atoms with E-state index in [1.165, 1.54) is 0 Å². The molecule has 0 heterocycles. The van der Waals surface area contributed by atoms with Gasteiger partial charge in [-0.2, -0.15) is 0 Å². The maximum absolute atomic E-state index is 5.26. The SMILES string of the molecule is COc1ccccc1C#Cc1ccccc1I.